The van der Waals surface area contributed by atoms with Crippen molar-refractivity contribution < 1.29 is 13.2 Å². The second-order valence-corrected chi connectivity index (χ2v) is 8.61. The van der Waals surface area contributed by atoms with E-state index in [1.54, 1.807) is 73.2 Å². The lowest BCUT2D eigenvalue weighted by Gasteiger charge is -2.19. The van der Waals surface area contributed by atoms with E-state index < -0.39 is 15.1 Å². The quantitative estimate of drug-likeness (QED) is 0.512. The summed E-state index contributed by atoms with van der Waals surface area (Å²) in [7, 11) is -3.73. The van der Waals surface area contributed by atoms with E-state index in [4.69, 9.17) is 0 Å². The Kier molecular flexibility index (Phi) is 5.09. The number of hydrogen-bond acceptors (Lipinski definition) is 5. The molecule has 7 nitrogen and oxygen atoms in total. The molecule has 0 fully saturated rings. The minimum Gasteiger partial charge on any atom is -0.350 e. The molecule has 2 aromatic heterocycles. The van der Waals surface area contributed by atoms with E-state index in [2.05, 4.69) is 20.3 Å². The van der Waals surface area contributed by atoms with Crippen LogP contribution in [-0.2, 0) is 9.84 Å². The highest BCUT2D eigenvalue weighted by atomic mass is 32.2. The molecule has 1 atom stereocenters. The summed E-state index contributed by atoms with van der Waals surface area (Å²) in [6.45, 7) is -0.0806. The van der Waals surface area contributed by atoms with Crippen LogP contribution in [0, 0.1) is 0 Å². The van der Waals surface area contributed by atoms with Gasteiger partial charge in [-0.15, -0.1) is 0 Å². The van der Waals surface area contributed by atoms with E-state index >= 15 is 0 Å². The summed E-state index contributed by atoms with van der Waals surface area (Å²) in [5.74, 6) is -0.362. The number of aromatic amines is 1. The third kappa shape index (κ3) is 3.88. The summed E-state index contributed by atoms with van der Waals surface area (Å²) in [6, 6.07) is 16.6. The van der Waals surface area contributed by atoms with Crippen molar-refractivity contribution in [3.8, 4) is 0 Å². The number of hydrogen-bond donors (Lipinski definition) is 2. The van der Waals surface area contributed by atoms with Gasteiger partial charge in [0, 0.05) is 24.5 Å². The number of pyridine rings is 1. The molecule has 0 aliphatic heterocycles. The Morgan fingerprint density at radius 2 is 1.90 bits per heavy atom. The molecule has 146 valence electrons. The third-order valence-corrected chi connectivity index (χ3v) is 6.75. The summed E-state index contributed by atoms with van der Waals surface area (Å²) in [4.78, 5) is 24.0. The zero-order valence-electron chi connectivity index (χ0n) is 15.3. The number of fused-ring (bicyclic) bond motifs is 1. The summed E-state index contributed by atoms with van der Waals surface area (Å²) >= 11 is 0. The minimum absolute atomic E-state index is 0.0806. The summed E-state index contributed by atoms with van der Waals surface area (Å²) in [6.07, 6.45) is 4.64. The van der Waals surface area contributed by atoms with Gasteiger partial charge in [0.2, 0.25) is 0 Å². The zero-order chi connectivity index (χ0) is 20.3. The van der Waals surface area contributed by atoms with Crippen LogP contribution in [0.4, 0.5) is 0 Å². The molecule has 0 bridgehead atoms. The highest BCUT2D eigenvalue weighted by Crippen LogP contribution is 2.28. The lowest BCUT2D eigenvalue weighted by molar-refractivity contribution is 0.0954. The van der Waals surface area contributed by atoms with Crippen molar-refractivity contribution in [2.24, 2.45) is 0 Å². The van der Waals surface area contributed by atoms with Crippen LogP contribution in [0.2, 0.25) is 0 Å². The average molecular weight is 406 g/mol. The number of carbonyl (C=O) groups is 1. The molecule has 1 unspecified atom stereocenters. The summed E-state index contributed by atoms with van der Waals surface area (Å²) < 4.78 is 26.5. The number of H-pyrrole nitrogens is 1. The lowest BCUT2D eigenvalue weighted by Crippen LogP contribution is -2.32. The Labute approximate surface area is 167 Å². The number of aromatic nitrogens is 3. The number of imidazole rings is 1. The molecular weight excluding hydrogens is 388 g/mol. The van der Waals surface area contributed by atoms with E-state index in [9.17, 15) is 13.2 Å². The van der Waals surface area contributed by atoms with Crippen molar-refractivity contribution in [2.45, 2.75) is 10.1 Å². The maximum atomic E-state index is 13.2. The Bertz CT molecular complexity index is 1240. The molecule has 0 spiro atoms. The number of sulfone groups is 1. The van der Waals surface area contributed by atoms with Crippen molar-refractivity contribution in [1.82, 2.24) is 20.3 Å². The molecule has 1 amide bonds. The van der Waals surface area contributed by atoms with Crippen molar-refractivity contribution in [1.29, 1.82) is 0 Å². The predicted octanol–water partition coefficient (Wildman–Crippen LogP) is 2.90. The fraction of sp³-hybridized carbons (Fsp3) is 0.0952. The molecule has 0 saturated carbocycles. The largest absolute Gasteiger partial charge is 0.350 e. The number of carbonyl (C=O) groups excluding carboxylic acids is 1. The molecule has 0 aliphatic carbocycles. The van der Waals surface area contributed by atoms with Gasteiger partial charge in [-0.2, -0.15) is 0 Å². The second kappa shape index (κ2) is 7.84. The van der Waals surface area contributed by atoms with Crippen LogP contribution >= 0.6 is 0 Å². The van der Waals surface area contributed by atoms with Crippen LogP contribution in [0.15, 0.2) is 84.3 Å². The highest BCUT2D eigenvalue weighted by Gasteiger charge is 2.29. The van der Waals surface area contributed by atoms with Crippen LogP contribution in [0.5, 0.6) is 0 Å². The normalized spacial score (nSPS) is 12.6. The molecule has 2 N–H and O–H groups in total. The first-order valence-electron chi connectivity index (χ1n) is 8.96. The van der Waals surface area contributed by atoms with Crippen molar-refractivity contribution in [3.05, 3.63) is 90.5 Å². The topological polar surface area (TPSA) is 105 Å². The molecular formula is C21H18N4O3S. The van der Waals surface area contributed by atoms with E-state index in [1.165, 1.54) is 6.20 Å². The Morgan fingerprint density at radius 3 is 2.66 bits per heavy atom. The number of amides is 1. The molecule has 0 saturated heterocycles. The first kappa shape index (κ1) is 18.8. The van der Waals surface area contributed by atoms with Crippen molar-refractivity contribution >= 4 is 26.8 Å². The molecule has 4 rings (SSSR count). The van der Waals surface area contributed by atoms with Gasteiger partial charge in [-0.25, -0.2) is 13.4 Å². The monoisotopic (exact) mass is 406 g/mol. The van der Waals surface area contributed by atoms with Crippen molar-refractivity contribution in [2.75, 3.05) is 6.54 Å². The first-order valence-corrected chi connectivity index (χ1v) is 10.5. The predicted molar refractivity (Wildman–Crippen MR) is 109 cm³/mol. The van der Waals surface area contributed by atoms with E-state index in [-0.39, 0.29) is 17.3 Å². The molecule has 0 aliphatic rings. The third-order valence-electron chi connectivity index (χ3n) is 4.63. The number of rotatable bonds is 6. The number of benzene rings is 2. The smallest absolute Gasteiger partial charge is 0.251 e. The van der Waals surface area contributed by atoms with Crippen LogP contribution in [-0.4, -0.2) is 35.8 Å². The van der Waals surface area contributed by atoms with E-state index in [1.807, 2.05) is 0 Å². The number of nitrogens with one attached hydrogen (secondary N) is 2. The van der Waals surface area contributed by atoms with Gasteiger partial charge in [0.05, 0.1) is 22.3 Å². The standard InChI is InChI=1S/C21H18N4O3S/c26-21(15-8-9-18-19(11-15)25-14-24-18)23-13-20(16-5-4-10-22-12-16)29(27,28)17-6-2-1-3-7-17/h1-12,14,20H,13H2,(H,23,26)(H,24,25). The Morgan fingerprint density at radius 1 is 1.07 bits per heavy atom. The van der Waals surface area contributed by atoms with E-state index in [0.717, 1.165) is 11.0 Å². The van der Waals surface area contributed by atoms with Crippen LogP contribution in [0.3, 0.4) is 0 Å². The number of nitrogens with zero attached hydrogens (tertiary/aromatic N) is 2. The zero-order valence-corrected chi connectivity index (χ0v) is 16.1. The maximum Gasteiger partial charge on any atom is 0.251 e. The van der Waals surface area contributed by atoms with Gasteiger partial charge in [-0.05, 0) is 42.0 Å². The molecule has 0 radical (unpaired) electrons. The molecule has 8 heteroatoms. The Hall–Kier alpha value is -3.52. The van der Waals surface area contributed by atoms with Gasteiger partial charge in [0.25, 0.3) is 5.91 Å². The summed E-state index contributed by atoms with van der Waals surface area (Å²) in [5.41, 5.74) is 2.42. The maximum absolute atomic E-state index is 13.2. The summed E-state index contributed by atoms with van der Waals surface area (Å²) in [5, 5.41) is 1.79. The van der Waals surface area contributed by atoms with Gasteiger partial charge in [-0.3, -0.25) is 9.78 Å². The van der Waals surface area contributed by atoms with E-state index in [0.29, 0.717) is 11.1 Å². The van der Waals surface area contributed by atoms with Gasteiger partial charge in [0.15, 0.2) is 9.84 Å². The molecule has 29 heavy (non-hydrogen) atoms. The SMILES string of the molecule is O=C(NCC(c1cccnc1)S(=O)(=O)c1ccccc1)c1ccc2nc[nH]c2c1. The van der Waals surface area contributed by atoms with Crippen LogP contribution < -0.4 is 5.32 Å². The lowest BCUT2D eigenvalue weighted by atomic mass is 10.1. The average Bonchev–Trinajstić information content (AvgIpc) is 3.23. The fourth-order valence-corrected chi connectivity index (χ4v) is 4.78. The van der Waals surface area contributed by atoms with Crippen LogP contribution in [0.25, 0.3) is 11.0 Å². The van der Waals surface area contributed by atoms with Gasteiger partial charge in [0.1, 0.15) is 5.25 Å². The van der Waals surface area contributed by atoms with Gasteiger partial charge < -0.3 is 10.3 Å². The fourth-order valence-electron chi connectivity index (χ4n) is 3.11. The first-order chi connectivity index (χ1) is 14.1. The van der Waals surface area contributed by atoms with Gasteiger partial charge in [-0.1, -0.05) is 24.3 Å². The van der Waals surface area contributed by atoms with Crippen molar-refractivity contribution in [3.63, 3.8) is 0 Å². The van der Waals surface area contributed by atoms with Crippen LogP contribution in [0.1, 0.15) is 21.2 Å². The Balaban J connectivity index is 1.61. The highest BCUT2D eigenvalue weighted by molar-refractivity contribution is 7.91. The molecule has 4 aromatic rings. The second-order valence-electron chi connectivity index (χ2n) is 6.48. The molecule has 2 aromatic carbocycles. The van der Waals surface area contributed by atoms with Gasteiger partial charge >= 0.3 is 0 Å². The molecule has 2 heterocycles. The minimum atomic E-state index is -3.73.